The SMILES string of the molecule is CC(C)CNC(=O)C1(N)CCOC1. The zero-order chi connectivity index (χ0) is 9.90. The number of hydrogen-bond acceptors (Lipinski definition) is 3. The summed E-state index contributed by atoms with van der Waals surface area (Å²) >= 11 is 0. The summed E-state index contributed by atoms with van der Waals surface area (Å²) in [4.78, 5) is 11.6. The molecule has 0 spiro atoms. The lowest BCUT2D eigenvalue weighted by Crippen LogP contribution is -2.55. The van der Waals surface area contributed by atoms with Gasteiger partial charge >= 0.3 is 0 Å². The molecule has 0 aromatic carbocycles. The largest absolute Gasteiger partial charge is 0.379 e. The van der Waals surface area contributed by atoms with Crippen LogP contribution in [0.3, 0.4) is 0 Å². The van der Waals surface area contributed by atoms with Crippen molar-refractivity contribution >= 4 is 5.91 Å². The van der Waals surface area contributed by atoms with E-state index >= 15 is 0 Å². The standard InChI is InChI=1S/C9H18N2O2/c1-7(2)5-11-8(12)9(10)3-4-13-6-9/h7H,3-6,10H2,1-2H3,(H,11,12). The van der Waals surface area contributed by atoms with Gasteiger partial charge in [-0.2, -0.15) is 0 Å². The quantitative estimate of drug-likeness (QED) is 0.645. The highest BCUT2D eigenvalue weighted by Crippen LogP contribution is 2.15. The van der Waals surface area contributed by atoms with Crippen molar-refractivity contribution in [3.8, 4) is 0 Å². The molecule has 1 heterocycles. The first-order valence-electron chi connectivity index (χ1n) is 4.69. The number of carbonyl (C=O) groups excluding carboxylic acids is 1. The van der Waals surface area contributed by atoms with Gasteiger partial charge in [0, 0.05) is 13.2 Å². The minimum absolute atomic E-state index is 0.0845. The van der Waals surface area contributed by atoms with Gasteiger partial charge in [-0.3, -0.25) is 4.79 Å². The summed E-state index contributed by atoms with van der Waals surface area (Å²) in [5.41, 5.74) is 5.07. The molecule has 1 rings (SSSR count). The molecule has 4 nitrogen and oxygen atoms in total. The van der Waals surface area contributed by atoms with Crippen molar-refractivity contribution in [2.45, 2.75) is 25.8 Å². The predicted octanol–water partition coefficient (Wildman–Crippen LogP) is -0.124. The van der Waals surface area contributed by atoms with Crippen LogP contribution in [0.4, 0.5) is 0 Å². The van der Waals surface area contributed by atoms with Gasteiger partial charge < -0.3 is 15.8 Å². The zero-order valence-electron chi connectivity index (χ0n) is 8.30. The molecule has 13 heavy (non-hydrogen) atoms. The van der Waals surface area contributed by atoms with Gasteiger partial charge in [-0.25, -0.2) is 0 Å². The van der Waals surface area contributed by atoms with Crippen molar-refractivity contribution in [2.24, 2.45) is 11.7 Å². The molecule has 1 aliphatic heterocycles. The molecule has 3 N–H and O–H groups in total. The number of rotatable bonds is 3. The lowest BCUT2D eigenvalue weighted by Gasteiger charge is -2.21. The van der Waals surface area contributed by atoms with Gasteiger partial charge in [0.1, 0.15) is 5.54 Å². The molecule has 4 heteroatoms. The van der Waals surface area contributed by atoms with E-state index in [9.17, 15) is 4.79 Å². The topological polar surface area (TPSA) is 64.4 Å². The molecule has 76 valence electrons. The summed E-state index contributed by atoms with van der Waals surface area (Å²) in [5, 5.41) is 2.82. The van der Waals surface area contributed by atoms with Crippen molar-refractivity contribution in [1.82, 2.24) is 5.32 Å². The predicted molar refractivity (Wildman–Crippen MR) is 50.2 cm³/mol. The average molecular weight is 186 g/mol. The fourth-order valence-electron chi connectivity index (χ4n) is 1.23. The maximum atomic E-state index is 11.6. The lowest BCUT2D eigenvalue weighted by molar-refractivity contribution is -0.126. The van der Waals surface area contributed by atoms with E-state index in [1.54, 1.807) is 0 Å². The van der Waals surface area contributed by atoms with Gasteiger partial charge in [-0.1, -0.05) is 13.8 Å². The van der Waals surface area contributed by atoms with Gasteiger partial charge in [0.25, 0.3) is 0 Å². The Balaban J connectivity index is 2.38. The molecule has 0 aromatic heterocycles. The van der Waals surface area contributed by atoms with Crippen LogP contribution >= 0.6 is 0 Å². The second-order valence-electron chi connectivity index (χ2n) is 4.06. The minimum Gasteiger partial charge on any atom is -0.379 e. The van der Waals surface area contributed by atoms with E-state index in [4.69, 9.17) is 10.5 Å². The van der Waals surface area contributed by atoms with Crippen molar-refractivity contribution in [3.05, 3.63) is 0 Å². The van der Waals surface area contributed by atoms with Crippen LogP contribution in [0.15, 0.2) is 0 Å². The number of amides is 1. The first-order chi connectivity index (χ1) is 6.04. The molecule has 1 fully saturated rings. The molecule has 0 bridgehead atoms. The fourth-order valence-corrected chi connectivity index (χ4v) is 1.23. The van der Waals surface area contributed by atoms with Crippen molar-refractivity contribution in [2.75, 3.05) is 19.8 Å². The van der Waals surface area contributed by atoms with Gasteiger partial charge in [-0.15, -0.1) is 0 Å². The van der Waals surface area contributed by atoms with E-state index in [0.717, 1.165) is 0 Å². The molecule has 0 aliphatic carbocycles. The number of hydrogen-bond donors (Lipinski definition) is 2. The molecule has 1 unspecified atom stereocenters. The summed E-state index contributed by atoms with van der Waals surface area (Å²) in [6, 6.07) is 0. The van der Waals surface area contributed by atoms with Crippen LogP contribution in [0.5, 0.6) is 0 Å². The normalized spacial score (nSPS) is 28.0. The van der Waals surface area contributed by atoms with Gasteiger partial charge in [-0.05, 0) is 12.3 Å². The summed E-state index contributed by atoms with van der Waals surface area (Å²) in [7, 11) is 0. The molecule has 0 radical (unpaired) electrons. The van der Waals surface area contributed by atoms with Gasteiger partial charge in [0.15, 0.2) is 0 Å². The zero-order valence-corrected chi connectivity index (χ0v) is 8.30. The van der Waals surface area contributed by atoms with Crippen LogP contribution in [0.1, 0.15) is 20.3 Å². The van der Waals surface area contributed by atoms with Crippen molar-refractivity contribution in [3.63, 3.8) is 0 Å². The molecule has 1 amide bonds. The number of nitrogens with two attached hydrogens (primary N) is 1. The Kier molecular flexibility index (Phi) is 3.27. The third-order valence-corrected chi connectivity index (χ3v) is 2.18. The summed E-state index contributed by atoms with van der Waals surface area (Å²) in [5.74, 6) is 0.369. The second kappa shape index (κ2) is 4.07. The van der Waals surface area contributed by atoms with Gasteiger partial charge in [0.2, 0.25) is 5.91 Å². The molecular formula is C9H18N2O2. The lowest BCUT2D eigenvalue weighted by atomic mass is 9.99. The highest BCUT2D eigenvalue weighted by atomic mass is 16.5. The van der Waals surface area contributed by atoms with E-state index in [-0.39, 0.29) is 5.91 Å². The first-order valence-corrected chi connectivity index (χ1v) is 4.69. The maximum absolute atomic E-state index is 11.6. The molecule has 0 aromatic rings. The molecule has 0 saturated carbocycles. The Hall–Kier alpha value is -0.610. The Morgan fingerprint density at radius 2 is 2.38 bits per heavy atom. The highest BCUT2D eigenvalue weighted by Gasteiger charge is 2.37. The van der Waals surface area contributed by atoms with Crippen LogP contribution in [0.2, 0.25) is 0 Å². The summed E-state index contributed by atoms with van der Waals surface area (Å²) < 4.78 is 5.10. The van der Waals surface area contributed by atoms with E-state index in [1.807, 2.05) is 0 Å². The third kappa shape index (κ3) is 2.67. The molecule has 1 aliphatic rings. The number of nitrogens with one attached hydrogen (secondary N) is 1. The van der Waals surface area contributed by atoms with E-state index in [0.29, 0.717) is 32.1 Å². The van der Waals surface area contributed by atoms with Crippen LogP contribution in [-0.2, 0) is 9.53 Å². The van der Waals surface area contributed by atoms with Gasteiger partial charge in [0.05, 0.1) is 6.61 Å². The Bertz CT molecular complexity index is 186. The van der Waals surface area contributed by atoms with E-state index < -0.39 is 5.54 Å². The Labute approximate surface area is 78.8 Å². The Morgan fingerprint density at radius 3 is 2.85 bits per heavy atom. The summed E-state index contributed by atoms with van der Waals surface area (Å²) in [6.45, 7) is 5.71. The average Bonchev–Trinajstić information content (AvgIpc) is 2.49. The van der Waals surface area contributed by atoms with Crippen LogP contribution < -0.4 is 11.1 Å². The summed E-state index contributed by atoms with van der Waals surface area (Å²) in [6.07, 6.45) is 0.622. The minimum atomic E-state index is -0.783. The second-order valence-corrected chi connectivity index (χ2v) is 4.06. The van der Waals surface area contributed by atoms with Crippen LogP contribution in [0.25, 0.3) is 0 Å². The van der Waals surface area contributed by atoms with Crippen molar-refractivity contribution < 1.29 is 9.53 Å². The molecule has 1 saturated heterocycles. The monoisotopic (exact) mass is 186 g/mol. The van der Waals surface area contributed by atoms with Crippen molar-refractivity contribution in [1.29, 1.82) is 0 Å². The van der Waals surface area contributed by atoms with E-state index in [1.165, 1.54) is 0 Å². The van der Waals surface area contributed by atoms with E-state index in [2.05, 4.69) is 19.2 Å². The molecule has 1 atom stereocenters. The smallest absolute Gasteiger partial charge is 0.242 e. The first kappa shape index (κ1) is 10.5. The van der Waals surface area contributed by atoms with Crippen LogP contribution in [0, 0.1) is 5.92 Å². The fraction of sp³-hybridized carbons (Fsp3) is 0.889. The number of carbonyl (C=O) groups is 1. The number of ether oxygens (including phenoxy) is 1. The van der Waals surface area contributed by atoms with Crippen LogP contribution in [-0.4, -0.2) is 31.2 Å². The maximum Gasteiger partial charge on any atom is 0.242 e. The molecular weight excluding hydrogens is 168 g/mol. The Morgan fingerprint density at radius 1 is 1.69 bits per heavy atom. The highest BCUT2D eigenvalue weighted by molar-refractivity contribution is 5.86. The third-order valence-electron chi connectivity index (χ3n) is 2.18.